The van der Waals surface area contributed by atoms with Gasteiger partial charge in [-0.15, -0.1) is 11.8 Å². The Balaban J connectivity index is 1.70. The van der Waals surface area contributed by atoms with Crippen molar-refractivity contribution in [3.05, 3.63) is 29.3 Å². The first-order chi connectivity index (χ1) is 10.4. The van der Waals surface area contributed by atoms with Crippen LogP contribution in [0.2, 0.25) is 0 Å². The molecule has 2 unspecified atom stereocenters. The van der Waals surface area contributed by atoms with Gasteiger partial charge in [-0.3, -0.25) is 0 Å². The smallest absolute Gasteiger partial charge is 0.0248 e. The highest BCUT2D eigenvalue weighted by molar-refractivity contribution is 8.00. The fourth-order valence-corrected chi connectivity index (χ4v) is 5.27. The first kappa shape index (κ1) is 15.4. The third-order valence-corrected chi connectivity index (χ3v) is 6.42. The predicted molar refractivity (Wildman–Crippen MR) is 93.3 cm³/mol. The molecule has 1 fully saturated rings. The van der Waals surface area contributed by atoms with E-state index in [0.717, 1.165) is 11.8 Å². The van der Waals surface area contributed by atoms with Gasteiger partial charge in [-0.25, -0.2) is 0 Å². The molecule has 1 saturated carbocycles. The lowest BCUT2D eigenvalue weighted by molar-refractivity contribution is 0.406. The largest absolute Gasteiger partial charge is 0.313 e. The highest BCUT2D eigenvalue weighted by Gasteiger charge is 2.23. The van der Waals surface area contributed by atoms with Crippen molar-refractivity contribution in [2.45, 2.75) is 80.9 Å². The molecular weight excluding hydrogens is 274 g/mol. The molecule has 0 heterocycles. The molecule has 21 heavy (non-hydrogen) atoms. The molecule has 116 valence electrons. The number of nitrogens with one attached hydrogen (secondary N) is 1. The molecule has 0 amide bonds. The van der Waals surface area contributed by atoms with Crippen molar-refractivity contribution >= 4 is 11.8 Å². The maximum absolute atomic E-state index is 3.75. The van der Waals surface area contributed by atoms with Gasteiger partial charge in [0, 0.05) is 16.2 Å². The van der Waals surface area contributed by atoms with Crippen LogP contribution < -0.4 is 5.32 Å². The van der Waals surface area contributed by atoms with Crippen molar-refractivity contribution in [1.82, 2.24) is 5.32 Å². The van der Waals surface area contributed by atoms with Gasteiger partial charge in [-0.1, -0.05) is 38.7 Å². The molecule has 0 aromatic heterocycles. The third kappa shape index (κ3) is 4.04. The van der Waals surface area contributed by atoms with Gasteiger partial charge in [0.05, 0.1) is 0 Å². The quantitative estimate of drug-likeness (QED) is 0.843. The van der Waals surface area contributed by atoms with E-state index in [9.17, 15) is 0 Å². The van der Waals surface area contributed by atoms with Crippen LogP contribution in [0, 0.1) is 0 Å². The fraction of sp³-hybridized carbons (Fsp3) is 0.684. The monoisotopic (exact) mass is 303 g/mol. The molecule has 2 atom stereocenters. The van der Waals surface area contributed by atoms with E-state index in [-0.39, 0.29) is 0 Å². The number of hydrogen-bond donors (Lipinski definition) is 1. The van der Waals surface area contributed by atoms with Gasteiger partial charge in [-0.2, -0.15) is 0 Å². The van der Waals surface area contributed by atoms with E-state index in [2.05, 4.69) is 42.2 Å². The molecule has 1 N–H and O–H groups in total. The molecule has 0 radical (unpaired) electrons. The van der Waals surface area contributed by atoms with Crippen LogP contribution in [0.3, 0.4) is 0 Å². The van der Waals surface area contributed by atoms with Gasteiger partial charge in [0.2, 0.25) is 0 Å². The van der Waals surface area contributed by atoms with E-state index in [0.29, 0.717) is 6.04 Å². The average molecular weight is 304 g/mol. The molecule has 2 aliphatic rings. The van der Waals surface area contributed by atoms with Crippen molar-refractivity contribution in [3.8, 4) is 0 Å². The SMILES string of the molecule is CCNC1CCCCCCC1Sc1ccc2c(c1)CCC2. The topological polar surface area (TPSA) is 12.0 Å². The summed E-state index contributed by atoms with van der Waals surface area (Å²) in [6.07, 6.45) is 12.3. The van der Waals surface area contributed by atoms with Gasteiger partial charge in [0.25, 0.3) is 0 Å². The van der Waals surface area contributed by atoms with Gasteiger partial charge in [0.15, 0.2) is 0 Å². The van der Waals surface area contributed by atoms with E-state index in [1.54, 1.807) is 11.1 Å². The van der Waals surface area contributed by atoms with Crippen LogP contribution >= 0.6 is 11.8 Å². The maximum atomic E-state index is 3.75. The Labute approximate surface area is 134 Å². The van der Waals surface area contributed by atoms with Gasteiger partial charge >= 0.3 is 0 Å². The zero-order valence-electron chi connectivity index (χ0n) is 13.4. The molecule has 0 spiro atoms. The van der Waals surface area contributed by atoms with Crippen molar-refractivity contribution in [1.29, 1.82) is 0 Å². The Morgan fingerprint density at radius 1 is 1.00 bits per heavy atom. The predicted octanol–water partition coefficient (Wildman–Crippen LogP) is 4.97. The molecule has 1 aromatic carbocycles. The number of thioether (sulfide) groups is 1. The molecule has 0 aliphatic heterocycles. The van der Waals surface area contributed by atoms with E-state index in [4.69, 9.17) is 0 Å². The molecule has 1 nitrogen and oxygen atoms in total. The highest BCUT2D eigenvalue weighted by Crippen LogP contribution is 2.35. The maximum Gasteiger partial charge on any atom is 0.0248 e. The van der Waals surface area contributed by atoms with Gasteiger partial charge in [0.1, 0.15) is 0 Å². The zero-order chi connectivity index (χ0) is 14.5. The minimum Gasteiger partial charge on any atom is -0.313 e. The number of hydrogen-bond acceptors (Lipinski definition) is 2. The second kappa shape index (κ2) is 7.69. The Kier molecular flexibility index (Phi) is 5.65. The standard InChI is InChI=1S/C19H29NS/c1-2-20-18-10-5-3-4-6-11-19(18)21-17-13-12-15-8-7-9-16(15)14-17/h12-14,18-20H,2-11H2,1H3. The number of benzene rings is 1. The summed E-state index contributed by atoms with van der Waals surface area (Å²) in [4.78, 5) is 1.50. The first-order valence-electron chi connectivity index (χ1n) is 8.88. The van der Waals surface area contributed by atoms with E-state index in [1.807, 2.05) is 0 Å². The van der Waals surface area contributed by atoms with E-state index < -0.39 is 0 Å². The molecule has 0 saturated heterocycles. The lowest BCUT2D eigenvalue weighted by atomic mass is 9.96. The summed E-state index contributed by atoms with van der Waals surface area (Å²) < 4.78 is 0. The molecular formula is C19H29NS. The summed E-state index contributed by atoms with van der Waals surface area (Å²) in [5.41, 5.74) is 3.21. The van der Waals surface area contributed by atoms with Crippen LogP contribution in [0.1, 0.15) is 63.0 Å². The Morgan fingerprint density at radius 3 is 2.67 bits per heavy atom. The first-order valence-corrected chi connectivity index (χ1v) is 9.76. The summed E-state index contributed by atoms with van der Waals surface area (Å²) in [6, 6.07) is 7.94. The summed E-state index contributed by atoms with van der Waals surface area (Å²) in [7, 11) is 0. The van der Waals surface area contributed by atoms with Crippen LogP contribution in [0.4, 0.5) is 0 Å². The van der Waals surface area contributed by atoms with Crippen molar-refractivity contribution in [2.24, 2.45) is 0 Å². The Morgan fingerprint density at radius 2 is 1.81 bits per heavy atom. The number of fused-ring (bicyclic) bond motifs is 1. The van der Waals surface area contributed by atoms with Crippen LogP contribution in [0.5, 0.6) is 0 Å². The molecule has 3 rings (SSSR count). The summed E-state index contributed by atoms with van der Waals surface area (Å²) in [5, 5.41) is 4.51. The summed E-state index contributed by atoms with van der Waals surface area (Å²) in [5.74, 6) is 0. The normalized spacial score (nSPS) is 26.1. The lowest BCUT2D eigenvalue weighted by Crippen LogP contribution is -2.38. The van der Waals surface area contributed by atoms with Crippen LogP contribution in [0.15, 0.2) is 23.1 Å². The minimum atomic E-state index is 0.702. The Hall–Kier alpha value is -0.470. The highest BCUT2D eigenvalue weighted by atomic mass is 32.2. The summed E-state index contributed by atoms with van der Waals surface area (Å²) in [6.45, 7) is 3.35. The third-order valence-electron chi connectivity index (χ3n) is 5.03. The zero-order valence-corrected chi connectivity index (χ0v) is 14.2. The Bertz CT molecular complexity index is 457. The number of aryl methyl sites for hydroxylation is 2. The van der Waals surface area contributed by atoms with Crippen LogP contribution in [-0.4, -0.2) is 17.8 Å². The van der Waals surface area contributed by atoms with Crippen LogP contribution in [0.25, 0.3) is 0 Å². The van der Waals surface area contributed by atoms with Gasteiger partial charge in [-0.05, 0) is 61.9 Å². The average Bonchev–Trinajstić information content (AvgIpc) is 2.93. The van der Waals surface area contributed by atoms with Crippen molar-refractivity contribution in [3.63, 3.8) is 0 Å². The van der Waals surface area contributed by atoms with Crippen molar-refractivity contribution in [2.75, 3.05) is 6.54 Å². The van der Waals surface area contributed by atoms with E-state index >= 15 is 0 Å². The molecule has 1 aromatic rings. The van der Waals surface area contributed by atoms with E-state index in [1.165, 1.54) is 62.7 Å². The molecule has 2 heteroatoms. The summed E-state index contributed by atoms with van der Waals surface area (Å²) >= 11 is 2.14. The second-order valence-corrected chi connectivity index (χ2v) is 7.91. The van der Waals surface area contributed by atoms with Gasteiger partial charge < -0.3 is 5.32 Å². The van der Waals surface area contributed by atoms with Crippen molar-refractivity contribution < 1.29 is 0 Å². The number of rotatable bonds is 4. The van der Waals surface area contributed by atoms with Crippen LogP contribution in [-0.2, 0) is 12.8 Å². The molecule has 2 aliphatic carbocycles. The molecule has 0 bridgehead atoms. The second-order valence-electron chi connectivity index (χ2n) is 6.60. The fourth-order valence-electron chi connectivity index (χ4n) is 3.88. The lowest BCUT2D eigenvalue weighted by Gasteiger charge is -2.29. The minimum absolute atomic E-state index is 0.702.